The van der Waals surface area contributed by atoms with Crippen LogP contribution >= 0.6 is 0 Å². The van der Waals surface area contributed by atoms with Gasteiger partial charge in [0.1, 0.15) is 0 Å². The minimum absolute atomic E-state index is 0.176. The number of fused-ring (bicyclic) bond motifs is 1. The second-order valence-electron chi connectivity index (χ2n) is 2.77. The Labute approximate surface area is 59.7 Å². The van der Waals surface area contributed by atoms with Gasteiger partial charge in [0, 0.05) is 11.7 Å². The quantitative estimate of drug-likeness (QED) is 0.554. The molecule has 3 N–H and O–H groups in total. The number of nitrogens with zero attached hydrogens (tertiary/aromatic N) is 1. The van der Waals surface area contributed by atoms with Gasteiger partial charge < -0.3 is 10.7 Å². The fourth-order valence-corrected chi connectivity index (χ4v) is 1.49. The van der Waals surface area contributed by atoms with Crippen molar-refractivity contribution >= 4 is 0 Å². The van der Waals surface area contributed by atoms with Crippen molar-refractivity contribution in [2.75, 3.05) is 0 Å². The van der Waals surface area contributed by atoms with E-state index < -0.39 is 0 Å². The highest BCUT2D eigenvalue weighted by molar-refractivity contribution is 5.17. The molecule has 1 heterocycles. The molecule has 0 aliphatic heterocycles. The molecule has 0 saturated heterocycles. The first-order valence-electron chi connectivity index (χ1n) is 3.65. The lowest BCUT2D eigenvalue weighted by molar-refractivity contribution is 0.555. The Morgan fingerprint density at radius 1 is 1.70 bits per heavy atom. The molecular weight excluding hydrogens is 126 g/mol. The third kappa shape index (κ3) is 0.743. The molecule has 1 aliphatic rings. The first-order valence-corrected chi connectivity index (χ1v) is 3.65. The van der Waals surface area contributed by atoms with Gasteiger partial charge in [-0.05, 0) is 19.3 Å². The van der Waals surface area contributed by atoms with Crippen molar-refractivity contribution in [1.29, 1.82) is 0 Å². The molecule has 10 heavy (non-hydrogen) atoms. The molecule has 2 rings (SSSR count). The number of rotatable bonds is 0. The second kappa shape index (κ2) is 2.09. The average molecular weight is 137 g/mol. The van der Waals surface area contributed by atoms with Crippen LogP contribution in [0.25, 0.3) is 0 Å². The van der Waals surface area contributed by atoms with Gasteiger partial charge in [-0.15, -0.1) is 0 Å². The Kier molecular flexibility index (Phi) is 1.24. The minimum atomic E-state index is 0.176. The molecule has 0 amide bonds. The summed E-state index contributed by atoms with van der Waals surface area (Å²) in [6.07, 6.45) is 5.12. The molecule has 0 saturated carbocycles. The van der Waals surface area contributed by atoms with Crippen LogP contribution in [0.4, 0.5) is 0 Å². The van der Waals surface area contributed by atoms with Crippen molar-refractivity contribution in [1.82, 2.24) is 9.97 Å². The van der Waals surface area contributed by atoms with Crippen LogP contribution in [0.15, 0.2) is 6.33 Å². The molecule has 0 fully saturated rings. The summed E-state index contributed by atoms with van der Waals surface area (Å²) < 4.78 is 0. The van der Waals surface area contributed by atoms with Crippen LogP contribution in [0.2, 0.25) is 0 Å². The van der Waals surface area contributed by atoms with Gasteiger partial charge in [0.15, 0.2) is 0 Å². The number of hydrogen-bond acceptors (Lipinski definition) is 2. The van der Waals surface area contributed by atoms with Gasteiger partial charge in [0.25, 0.3) is 0 Å². The van der Waals surface area contributed by atoms with Gasteiger partial charge in [-0.25, -0.2) is 4.98 Å². The Morgan fingerprint density at radius 2 is 2.60 bits per heavy atom. The lowest BCUT2D eigenvalue weighted by Gasteiger charge is -2.15. The molecule has 1 aromatic rings. The standard InChI is InChI=1S/C7H11N3/c8-5-2-1-3-6-7(5)10-4-9-6/h4-5H,1-3,8H2,(H,9,10)/t5-/m0/s1. The third-order valence-corrected chi connectivity index (χ3v) is 2.04. The summed E-state index contributed by atoms with van der Waals surface area (Å²) in [5.74, 6) is 0. The Morgan fingerprint density at radius 3 is 3.40 bits per heavy atom. The molecule has 54 valence electrons. The number of nitrogens with two attached hydrogens (primary N) is 1. The maximum Gasteiger partial charge on any atom is 0.0925 e. The molecule has 0 aromatic carbocycles. The van der Waals surface area contributed by atoms with Crippen molar-refractivity contribution in [2.45, 2.75) is 25.3 Å². The van der Waals surface area contributed by atoms with E-state index in [0.717, 1.165) is 18.5 Å². The fourth-order valence-electron chi connectivity index (χ4n) is 1.49. The van der Waals surface area contributed by atoms with Crippen LogP contribution in [0.5, 0.6) is 0 Å². The highest BCUT2D eigenvalue weighted by atomic mass is 14.9. The smallest absolute Gasteiger partial charge is 0.0925 e. The molecule has 1 atom stereocenters. The van der Waals surface area contributed by atoms with E-state index in [9.17, 15) is 0 Å². The summed E-state index contributed by atoms with van der Waals surface area (Å²) in [4.78, 5) is 7.25. The predicted molar refractivity (Wildman–Crippen MR) is 38.5 cm³/mol. The lowest BCUT2D eigenvalue weighted by atomic mass is 9.97. The van der Waals surface area contributed by atoms with Crippen LogP contribution < -0.4 is 5.73 Å². The van der Waals surface area contributed by atoms with Gasteiger partial charge in [-0.1, -0.05) is 0 Å². The summed E-state index contributed by atoms with van der Waals surface area (Å²) in [6, 6.07) is 0.176. The largest absolute Gasteiger partial charge is 0.348 e. The van der Waals surface area contributed by atoms with Crippen LogP contribution in [-0.2, 0) is 6.42 Å². The van der Waals surface area contributed by atoms with Crippen molar-refractivity contribution in [3.63, 3.8) is 0 Å². The molecule has 0 bridgehead atoms. The van der Waals surface area contributed by atoms with Gasteiger partial charge in [0.05, 0.1) is 12.0 Å². The summed E-state index contributed by atoms with van der Waals surface area (Å²) in [6.45, 7) is 0. The number of aromatic nitrogens is 2. The highest BCUT2D eigenvalue weighted by Crippen LogP contribution is 2.23. The summed E-state index contributed by atoms with van der Waals surface area (Å²) in [7, 11) is 0. The Bertz CT molecular complexity index is 229. The predicted octanol–water partition coefficient (Wildman–Crippen LogP) is 0.746. The first-order chi connectivity index (χ1) is 4.88. The van der Waals surface area contributed by atoms with Crippen molar-refractivity contribution < 1.29 is 0 Å². The van der Waals surface area contributed by atoms with E-state index >= 15 is 0 Å². The number of H-pyrrole nitrogens is 1. The Balaban J connectivity index is 2.41. The van der Waals surface area contributed by atoms with Crippen molar-refractivity contribution in [3.8, 4) is 0 Å². The van der Waals surface area contributed by atoms with Crippen LogP contribution in [0.1, 0.15) is 30.3 Å². The van der Waals surface area contributed by atoms with Crippen molar-refractivity contribution in [2.24, 2.45) is 5.73 Å². The first kappa shape index (κ1) is 5.92. The highest BCUT2D eigenvalue weighted by Gasteiger charge is 2.18. The normalized spacial score (nSPS) is 24.3. The molecule has 1 aliphatic carbocycles. The summed E-state index contributed by atoms with van der Waals surface area (Å²) in [5, 5.41) is 0. The zero-order valence-corrected chi connectivity index (χ0v) is 5.80. The van der Waals surface area contributed by atoms with Gasteiger partial charge in [0.2, 0.25) is 0 Å². The van der Waals surface area contributed by atoms with E-state index in [-0.39, 0.29) is 6.04 Å². The molecule has 3 heteroatoms. The number of hydrogen-bond donors (Lipinski definition) is 2. The molecule has 3 nitrogen and oxygen atoms in total. The molecule has 0 radical (unpaired) electrons. The fraction of sp³-hybridized carbons (Fsp3) is 0.571. The maximum absolute atomic E-state index is 5.81. The topological polar surface area (TPSA) is 54.7 Å². The molecule has 1 aromatic heterocycles. The number of nitrogens with one attached hydrogen (secondary N) is 1. The SMILES string of the molecule is N[C@H]1CCCc2[nH]cnc21. The zero-order valence-electron chi connectivity index (χ0n) is 5.80. The Hall–Kier alpha value is -0.830. The average Bonchev–Trinajstić information content (AvgIpc) is 2.36. The van der Waals surface area contributed by atoms with Crippen molar-refractivity contribution in [3.05, 3.63) is 17.7 Å². The molecule has 0 spiro atoms. The summed E-state index contributed by atoms with van der Waals surface area (Å²) in [5.41, 5.74) is 8.12. The number of imidazole rings is 1. The summed E-state index contributed by atoms with van der Waals surface area (Å²) >= 11 is 0. The van der Waals surface area contributed by atoms with E-state index in [0.29, 0.717) is 0 Å². The van der Waals surface area contributed by atoms with E-state index in [1.54, 1.807) is 6.33 Å². The zero-order chi connectivity index (χ0) is 6.97. The van der Waals surface area contributed by atoms with Gasteiger partial charge in [-0.3, -0.25) is 0 Å². The lowest BCUT2D eigenvalue weighted by Crippen LogP contribution is -2.17. The molecular formula is C7H11N3. The number of aromatic amines is 1. The van der Waals surface area contributed by atoms with E-state index in [1.807, 2.05) is 0 Å². The van der Waals surface area contributed by atoms with Gasteiger partial charge >= 0.3 is 0 Å². The van der Waals surface area contributed by atoms with Crippen LogP contribution in [0, 0.1) is 0 Å². The maximum atomic E-state index is 5.81. The van der Waals surface area contributed by atoms with Crippen LogP contribution in [-0.4, -0.2) is 9.97 Å². The molecule has 0 unspecified atom stereocenters. The minimum Gasteiger partial charge on any atom is -0.348 e. The van der Waals surface area contributed by atoms with E-state index in [2.05, 4.69) is 9.97 Å². The van der Waals surface area contributed by atoms with E-state index in [4.69, 9.17) is 5.73 Å². The van der Waals surface area contributed by atoms with Gasteiger partial charge in [-0.2, -0.15) is 0 Å². The van der Waals surface area contributed by atoms with Crippen LogP contribution in [0.3, 0.4) is 0 Å². The third-order valence-electron chi connectivity index (χ3n) is 2.04. The monoisotopic (exact) mass is 137 g/mol. The second-order valence-corrected chi connectivity index (χ2v) is 2.77. The number of aryl methyl sites for hydroxylation is 1. The van der Waals surface area contributed by atoms with E-state index in [1.165, 1.54) is 12.1 Å².